The van der Waals surface area contributed by atoms with Crippen LogP contribution in [0.15, 0.2) is 45.5 Å². The molecule has 0 bridgehead atoms. The Bertz CT molecular complexity index is 766. The summed E-state index contributed by atoms with van der Waals surface area (Å²) >= 11 is 7.03. The Hall–Kier alpha value is -0.910. The number of hydrogen-bond donors (Lipinski definition) is 0. The van der Waals surface area contributed by atoms with Gasteiger partial charge in [0, 0.05) is 15.4 Å². The quantitative estimate of drug-likeness (QED) is 0.378. The van der Waals surface area contributed by atoms with E-state index in [9.17, 15) is 0 Å². The molecule has 0 N–H and O–H groups in total. The van der Waals surface area contributed by atoms with Crippen molar-refractivity contribution in [1.29, 1.82) is 0 Å². The van der Waals surface area contributed by atoms with E-state index in [0.717, 1.165) is 26.0 Å². The van der Waals surface area contributed by atoms with Crippen molar-refractivity contribution in [2.45, 2.75) is 25.3 Å². The third kappa shape index (κ3) is 3.53. The van der Waals surface area contributed by atoms with Crippen molar-refractivity contribution >= 4 is 49.2 Å². The maximum absolute atomic E-state index is 4.53. The Morgan fingerprint density at radius 2 is 1.95 bits per heavy atom. The van der Waals surface area contributed by atoms with Gasteiger partial charge in [0.2, 0.25) is 0 Å². The highest BCUT2D eigenvalue weighted by Crippen LogP contribution is 2.38. The van der Waals surface area contributed by atoms with Crippen LogP contribution in [0.25, 0.3) is 21.3 Å². The molecule has 1 aromatic carbocycles. The standard InChI is InChI=1S/C17H17BrN2S2/c1-11(2)7-8-21-16-15-14(9-22-17(15)20-10-19-16)12-3-5-13(18)6-4-12/h3-6,9-11H,7-8H2,1-2H3. The van der Waals surface area contributed by atoms with Crippen LogP contribution in [-0.4, -0.2) is 15.7 Å². The summed E-state index contributed by atoms with van der Waals surface area (Å²) in [4.78, 5) is 10.0. The number of fused-ring (bicyclic) bond motifs is 1. The fourth-order valence-electron chi connectivity index (χ4n) is 2.19. The number of aromatic nitrogens is 2. The van der Waals surface area contributed by atoms with Crippen LogP contribution in [0.2, 0.25) is 0 Å². The predicted molar refractivity (Wildman–Crippen MR) is 101 cm³/mol. The number of rotatable bonds is 5. The molecule has 3 aromatic rings. The summed E-state index contributed by atoms with van der Waals surface area (Å²) in [5, 5.41) is 4.49. The van der Waals surface area contributed by atoms with Crippen LogP contribution in [-0.2, 0) is 0 Å². The van der Waals surface area contributed by atoms with Gasteiger partial charge in [0.1, 0.15) is 16.2 Å². The summed E-state index contributed by atoms with van der Waals surface area (Å²) < 4.78 is 1.10. The molecule has 0 unspecified atom stereocenters. The summed E-state index contributed by atoms with van der Waals surface area (Å²) in [5.41, 5.74) is 2.45. The first-order valence-corrected chi connectivity index (χ1v) is 9.92. The van der Waals surface area contributed by atoms with E-state index >= 15 is 0 Å². The highest BCUT2D eigenvalue weighted by atomic mass is 79.9. The lowest BCUT2D eigenvalue weighted by molar-refractivity contribution is 0.632. The lowest BCUT2D eigenvalue weighted by atomic mass is 10.1. The van der Waals surface area contributed by atoms with Crippen molar-refractivity contribution in [2.75, 3.05) is 5.75 Å². The summed E-state index contributed by atoms with van der Waals surface area (Å²) in [7, 11) is 0. The lowest BCUT2D eigenvalue weighted by Crippen LogP contribution is -1.91. The van der Waals surface area contributed by atoms with E-state index < -0.39 is 0 Å². The minimum absolute atomic E-state index is 0.721. The van der Waals surface area contributed by atoms with E-state index in [1.54, 1.807) is 17.7 Å². The molecule has 0 amide bonds. The zero-order chi connectivity index (χ0) is 15.5. The van der Waals surface area contributed by atoms with E-state index in [-0.39, 0.29) is 0 Å². The first-order chi connectivity index (χ1) is 10.6. The van der Waals surface area contributed by atoms with E-state index in [1.165, 1.54) is 22.9 Å². The van der Waals surface area contributed by atoms with Crippen molar-refractivity contribution < 1.29 is 0 Å². The summed E-state index contributed by atoms with van der Waals surface area (Å²) in [6.07, 6.45) is 2.88. The smallest absolute Gasteiger partial charge is 0.128 e. The molecule has 0 aliphatic heterocycles. The molecule has 0 saturated heterocycles. The van der Waals surface area contributed by atoms with Crippen molar-refractivity contribution in [1.82, 2.24) is 9.97 Å². The molecule has 0 spiro atoms. The normalized spacial score (nSPS) is 11.5. The van der Waals surface area contributed by atoms with Crippen molar-refractivity contribution in [2.24, 2.45) is 5.92 Å². The van der Waals surface area contributed by atoms with E-state index in [0.29, 0.717) is 0 Å². The topological polar surface area (TPSA) is 25.8 Å². The molecule has 0 saturated carbocycles. The van der Waals surface area contributed by atoms with Crippen molar-refractivity contribution in [3.8, 4) is 11.1 Å². The second-order valence-corrected chi connectivity index (χ2v) is 8.40. The van der Waals surface area contributed by atoms with E-state index in [1.807, 2.05) is 11.8 Å². The van der Waals surface area contributed by atoms with Crippen LogP contribution in [0.4, 0.5) is 0 Å². The van der Waals surface area contributed by atoms with E-state index in [2.05, 4.69) is 69.4 Å². The van der Waals surface area contributed by atoms with Gasteiger partial charge < -0.3 is 0 Å². The Kier molecular flexibility index (Phi) is 5.16. The molecule has 2 aromatic heterocycles. The maximum Gasteiger partial charge on any atom is 0.128 e. The molecule has 3 rings (SSSR count). The average Bonchev–Trinajstić information content (AvgIpc) is 2.93. The zero-order valence-corrected chi connectivity index (χ0v) is 15.8. The number of nitrogens with zero attached hydrogens (tertiary/aromatic N) is 2. The van der Waals surface area contributed by atoms with Gasteiger partial charge in [-0.15, -0.1) is 23.1 Å². The minimum Gasteiger partial charge on any atom is -0.229 e. The molecule has 2 heterocycles. The highest BCUT2D eigenvalue weighted by Gasteiger charge is 2.13. The fourth-order valence-corrected chi connectivity index (χ4v) is 4.69. The molecule has 5 heteroatoms. The van der Waals surface area contributed by atoms with Gasteiger partial charge in [-0.05, 0) is 35.8 Å². The monoisotopic (exact) mass is 392 g/mol. The van der Waals surface area contributed by atoms with Crippen LogP contribution in [0.5, 0.6) is 0 Å². The van der Waals surface area contributed by atoms with Gasteiger partial charge in [-0.3, -0.25) is 0 Å². The zero-order valence-electron chi connectivity index (χ0n) is 12.5. The second kappa shape index (κ2) is 7.11. The van der Waals surface area contributed by atoms with Gasteiger partial charge in [0.25, 0.3) is 0 Å². The molecule has 114 valence electrons. The Labute approximate surface area is 147 Å². The molecular formula is C17H17BrN2S2. The molecule has 0 aliphatic rings. The van der Waals surface area contributed by atoms with Gasteiger partial charge in [-0.1, -0.05) is 41.9 Å². The van der Waals surface area contributed by atoms with Crippen LogP contribution >= 0.6 is 39.0 Å². The number of thioether (sulfide) groups is 1. The predicted octanol–water partition coefficient (Wildman–Crippen LogP) is 6.26. The Morgan fingerprint density at radius 3 is 2.68 bits per heavy atom. The molecular weight excluding hydrogens is 376 g/mol. The molecule has 22 heavy (non-hydrogen) atoms. The summed E-state index contributed by atoms with van der Waals surface area (Å²) in [5.74, 6) is 1.82. The number of hydrogen-bond acceptors (Lipinski definition) is 4. The fraction of sp³-hybridized carbons (Fsp3) is 0.294. The first kappa shape index (κ1) is 16.0. The van der Waals surface area contributed by atoms with Gasteiger partial charge in [-0.2, -0.15) is 0 Å². The van der Waals surface area contributed by atoms with Crippen molar-refractivity contribution in [3.63, 3.8) is 0 Å². The molecule has 0 fully saturated rings. The highest BCUT2D eigenvalue weighted by molar-refractivity contribution is 9.10. The average molecular weight is 393 g/mol. The van der Waals surface area contributed by atoms with Crippen LogP contribution in [0, 0.1) is 5.92 Å². The third-order valence-electron chi connectivity index (χ3n) is 3.42. The largest absolute Gasteiger partial charge is 0.229 e. The van der Waals surface area contributed by atoms with E-state index in [4.69, 9.17) is 0 Å². The van der Waals surface area contributed by atoms with Crippen LogP contribution in [0.1, 0.15) is 20.3 Å². The first-order valence-electron chi connectivity index (χ1n) is 7.26. The van der Waals surface area contributed by atoms with Gasteiger partial charge >= 0.3 is 0 Å². The van der Waals surface area contributed by atoms with Crippen LogP contribution in [0.3, 0.4) is 0 Å². The number of benzene rings is 1. The Balaban J connectivity index is 1.99. The van der Waals surface area contributed by atoms with Crippen LogP contribution < -0.4 is 0 Å². The lowest BCUT2D eigenvalue weighted by Gasteiger charge is -2.07. The van der Waals surface area contributed by atoms with Gasteiger partial charge in [-0.25, -0.2) is 9.97 Å². The van der Waals surface area contributed by atoms with Gasteiger partial charge in [0.15, 0.2) is 0 Å². The molecule has 2 nitrogen and oxygen atoms in total. The third-order valence-corrected chi connectivity index (χ3v) is 5.86. The Morgan fingerprint density at radius 1 is 1.18 bits per heavy atom. The SMILES string of the molecule is CC(C)CCSc1ncnc2scc(-c3ccc(Br)cc3)c12. The summed E-state index contributed by atoms with van der Waals surface area (Å²) in [6.45, 7) is 4.52. The van der Waals surface area contributed by atoms with Crippen molar-refractivity contribution in [3.05, 3.63) is 40.4 Å². The van der Waals surface area contributed by atoms with Gasteiger partial charge in [0.05, 0.1) is 5.39 Å². The minimum atomic E-state index is 0.721. The maximum atomic E-state index is 4.53. The summed E-state index contributed by atoms with van der Waals surface area (Å²) in [6, 6.07) is 8.44. The molecule has 0 radical (unpaired) electrons. The molecule has 0 aliphatic carbocycles. The molecule has 0 atom stereocenters. The number of thiophene rings is 1. The number of halogens is 1. The second-order valence-electron chi connectivity index (χ2n) is 5.55.